The molecule has 0 aromatic heterocycles. The second-order valence-corrected chi connectivity index (χ2v) is 18.7. The Morgan fingerprint density at radius 1 is 0.243 bits per heavy atom. The van der Waals surface area contributed by atoms with Gasteiger partial charge in [0.2, 0.25) is 0 Å². The first-order chi connectivity index (χ1) is 35.4. The van der Waals surface area contributed by atoms with E-state index < -0.39 is 0 Å². The molecular weight excluding hydrogens is 949 g/mol. The summed E-state index contributed by atoms with van der Waals surface area (Å²) in [6.07, 6.45) is 0. The van der Waals surface area contributed by atoms with E-state index in [4.69, 9.17) is 33.2 Å². The Balaban J connectivity index is 1.05. The van der Waals surface area contributed by atoms with Gasteiger partial charge in [0.1, 0.15) is 132 Å². The van der Waals surface area contributed by atoms with Gasteiger partial charge in [-0.1, -0.05) is 32.9 Å². The number of ether oxygens (including phenoxy) is 7. The van der Waals surface area contributed by atoms with Gasteiger partial charge in [0, 0.05) is 42.5 Å². The largest absolute Gasteiger partial charge is 0.508 e. The quantitative estimate of drug-likeness (QED) is 0.0335. The average Bonchev–Trinajstić information content (AvgIpc) is 3.33. The minimum absolute atomic E-state index is 0.000732. The Labute approximate surface area is 427 Å². The summed E-state index contributed by atoms with van der Waals surface area (Å²) in [6.45, 7) is 6.65. The molecule has 0 fully saturated rings. The van der Waals surface area contributed by atoms with Gasteiger partial charge < -0.3 is 74.0 Å². The Bertz CT molecular complexity index is 2810. The number of hydrogen-bond donors (Lipinski definition) is 8. The Kier molecular flexibility index (Phi) is 15.8. The topological polar surface area (TPSA) is 226 Å². The maximum absolute atomic E-state index is 10.1. The first-order valence-electron chi connectivity index (χ1n) is 23.4. The molecule has 382 valence electrons. The molecule has 8 rings (SSSR count). The van der Waals surface area contributed by atoms with Crippen molar-refractivity contribution in [3.05, 3.63) is 196 Å². The van der Waals surface area contributed by atoms with Gasteiger partial charge in [0.15, 0.2) is 0 Å². The van der Waals surface area contributed by atoms with Crippen molar-refractivity contribution in [3.63, 3.8) is 0 Å². The molecule has 0 amide bonds. The zero-order chi connectivity index (χ0) is 52.4. The van der Waals surface area contributed by atoms with Crippen LogP contribution in [0.5, 0.6) is 86.2 Å². The second-order valence-electron chi connectivity index (χ2n) is 18.7. The summed E-state index contributed by atoms with van der Waals surface area (Å²) >= 11 is 0. The van der Waals surface area contributed by atoms with Crippen molar-refractivity contribution in [3.8, 4) is 86.2 Å². The molecule has 0 bridgehead atoms. The molecule has 0 unspecified atom stereocenters. The minimum atomic E-state index is -0.118. The van der Waals surface area contributed by atoms with E-state index in [0.717, 1.165) is 11.1 Å². The van der Waals surface area contributed by atoms with E-state index in [-0.39, 0.29) is 97.7 Å². The summed E-state index contributed by atoms with van der Waals surface area (Å²) in [4.78, 5) is 0. The highest BCUT2D eigenvalue weighted by atomic mass is 16.5. The van der Waals surface area contributed by atoms with Crippen LogP contribution in [0, 0.1) is 0 Å². The Hall–Kier alpha value is -9.24. The van der Waals surface area contributed by atoms with E-state index in [1.165, 1.54) is 72.8 Å². The maximum atomic E-state index is 10.1. The highest BCUT2D eigenvalue weighted by Gasteiger charge is 2.15. The highest BCUT2D eigenvalue weighted by Crippen LogP contribution is 2.33. The lowest BCUT2D eigenvalue weighted by Crippen LogP contribution is -2.10. The number of aromatic hydroxyl groups is 8. The second kappa shape index (κ2) is 22.9. The first kappa shape index (κ1) is 51.1. The molecule has 0 heterocycles. The Morgan fingerprint density at radius 2 is 0.432 bits per heavy atom. The van der Waals surface area contributed by atoms with Crippen molar-refractivity contribution < 1.29 is 74.0 Å². The van der Waals surface area contributed by atoms with Crippen molar-refractivity contribution >= 4 is 0 Å². The first-order valence-corrected chi connectivity index (χ1v) is 23.4. The zero-order valence-electron chi connectivity index (χ0n) is 40.8. The third-order valence-corrected chi connectivity index (χ3v) is 11.2. The number of rotatable bonds is 21. The normalized spacial score (nSPS) is 11.2. The van der Waals surface area contributed by atoms with Crippen LogP contribution in [0.1, 0.15) is 65.3 Å². The molecule has 0 aliphatic carbocycles. The predicted molar refractivity (Wildman–Crippen MR) is 274 cm³/mol. The van der Waals surface area contributed by atoms with Crippen LogP contribution in [-0.2, 0) is 51.7 Å². The molecule has 15 heteroatoms. The summed E-state index contributed by atoms with van der Waals surface area (Å²) in [6, 6.07) is 40.5. The predicted octanol–water partition coefficient (Wildman–Crippen LogP) is 11.7. The summed E-state index contributed by atoms with van der Waals surface area (Å²) in [5.74, 6) is 2.16. The van der Waals surface area contributed by atoms with Gasteiger partial charge in [0.25, 0.3) is 0 Å². The van der Waals surface area contributed by atoms with E-state index in [1.54, 1.807) is 42.5 Å². The van der Waals surface area contributed by atoms with Gasteiger partial charge in [-0.2, -0.15) is 0 Å². The summed E-state index contributed by atoms with van der Waals surface area (Å²) < 4.78 is 43.7. The van der Waals surface area contributed by atoms with Gasteiger partial charge in [-0.3, -0.25) is 0 Å². The van der Waals surface area contributed by atoms with Gasteiger partial charge in [0.05, 0.1) is 0 Å². The molecule has 8 aromatic rings. The lowest BCUT2D eigenvalue weighted by atomic mass is 9.87. The number of benzene rings is 8. The van der Waals surface area contributed by atoms with E-state index >= 15 is 0 Å². The highest BCUT2D eigenvalue weighted by molar-refractivity contribution is 5.45. The van der Waals surface area contributed by atoms with Crippen LogP contribution in [0.15, 0.2) is 152 Å². The average molecular weight is 1010 g/mol. The van der Waals surface area contributed by atoms with Crippen molar-refractivity contribution in [1.29, 1.82) is 0 Å². The van der Waals surface area contributed by atoms with Crippen LogP contribution in [0.4, 0.5) is 0 Å². The monoisotopic (exact) mass is 1000 g/mol. The third-order valence-electron chi connectivity index (χ3n) is 11.2. The standard InChI is InChI=1S/C59H56O15/c1-59(2,3)43-4-6-52(7-5-43)68-33-40-16-57(73-34-41-18-53(69-29-36-8-44(60)22-45(61)9-36)26-54(19-41)70-30-37-10-46(62)23-47(63)11-37)28-58(17-40)74-35-42-20-55(71-31-38-12-48(64)24-49(65)13-38)27-56(21-42)72-32-39-14-50(66)25-51(67)15-39/h4-28,60-67H,29-35H2,1-3H3. The van der Waals surface area contributed by atoms with Gasteiger partial charge in [-0.15, -0.1) is 0 Å². The van der Waals surface area contributed by atoms with Crippen molar-refractivity contribution in [2.45, 2.75) is 72.4 Å². The molecular formula is C59H56O15. The molecule has 8 N–H and O–H groups in total. The summed E-state index contributed by atoms with van der Waals surface area (Å²) in [7, 11) is 0. The van der Waals surface area contributed by atoms with Crippen LogP contribution in [0.2, 0.25) is 0 Å². The molecule has 0 saturated heterocycles. The van der Waals surface area contributed by atoms with Crippen molar-refractivity contribution in [2.75, 3.05) is 0 Å². The minimum Gasteiger partial charge on any atom is -0.508 e. The zero-order valence-corrected chi connectivity index (χ0v) is 40.8. The lowest BCUT2D eigenvalue weighted by Gasteiger charge is -2.19. The number of phenols is 8. The maximum Gasteiger partial charge on any atom is 0.123 e. The molecule has 0 radical (unpaired) electrons. The van der Waals surface area contributed by atoms with Crippen LogP contribution in [0.25, 0.3) is 0 Å². The van der Waals surface area contributed by atoms with Gasteiger partial charge in [-0.05, 0) is 147 Å². The van der Waals surface area contributed by atoms with Crippen LogP contribution in [-0.4, -0.2) is 40.9 Å². The fourth-order valence-corrected chi connectivity index (χ4v) is 7.82. The Morgan fingerprint density at radius 3 is 0.635 bits per heavy atom. The molecule has 74 heavy (non-hydrogen) atoms. The third kappa shape index (κ3) is 15.1. The molecule has 0 atom stereocenters. The van der Waals surface area contributed by atoms with Gasteiger partial charge in [-0.25, -0.2) is 0 Å². The fraction of sp³-hybridized carbons (Fsp3) is 0.186. The number of hydrogen-bond acceptors (Lipinski definition) is 15. The molecule has 8 aromatic carbocycles. The van der Waals surface area contributed by atoms with Gasteiger partial charge >= 0.3 is 0 Å². The molecule has 0 aliphatic rings. The van der Waals surface area contributed by atoms with Crippen molar-refractivity contribution in [1.82, 2.24) is 0 Å². The summed E-state index contributed by atoms with van der Waals surface area (Å²) in [5.41, 5.74) is 5.22. The smallest absolute Gasteiger partial charge is 0.123 e. The molecule has 15 nitrogen and oxygen atoms in total. The lowest BCUT2D eigenvalue weighted by molar-refractivity contribution is 0.272. The molecule has 0 spiro atoms. The number of phenolic OH excluding ortho intramolecular Hbond substituents is 8. The van der Waals surface area contributed by atoms with Crippen LogP contribution >= 0.6 is 0 Å². The van der Waals surface area contributed by atoms with Crippen LogP contribution < -0.4 is 33.2 Å². The SMILES string of the molecule is CC(C)(C)c1ccc(OCc2cc(OCc3cc(OCc4cc(O)cc(O)c4)cc(OCc4cc(O)cc(O)c4)c3)cc(OCc3cc(OCc4cc(O)cc(O)c4)cc(OCc4cc(O)cc(O)c4)c3)c2)cc1. The van der Waals surface area contributed by atoms with Crippen LogP contribution in [0.3, 0.4) is 0 Å². The summed E-state index contributed by atoms with van der Waals surface area (Å²) in [5, 5.41) is 80.4. The molecule has 0 aliphatic heterocycles. The van der Waals surface area contributed by atoms with E-state index in [1.807, 2.05) is 36.4 Å². The van der Waals surface area contributed by atoms with Crippen molar-refractivity contribution in [2.24, 2.45) is 0 Å². The van der Waals surface area contributed by atoms with E-state index in [0.29, 0.717) is 73.6 Å². The van der Waals surface area contributed by atoms with E-state index in [9.17, 15) is 40.9 Å². The fourth-order valence-electron chi connectivity index (χ4n) is 7.82. The van der Waals surface area contributed by atoms with E-state index in [2.05, 4.69) is 20.8 Å². The molecule has 0 saturated carbocycles.